The molecule has 1 heterocycles. The van der Waals surface area contributed by atoms with Gasteiger partial charge in [-0.15, -0.1) is 11.3 Å². The van der Waals surface area contributed by atoms with E-state index in [0.29, 0.717) is 16.7 Å². The molecule has 1 aromatic carbocycles. The lowest BCUT2D eigenvalue weighted by Crippen LogP contribution is -2.07. The summed E-state index contributed by atoms with van der Waals surface area (Å²) in [6, 6.07) is 5.27. The number of thiazole rings is 1. The van der Waals surface area contributed by atoms with Gasteiger partial charge in [0, 0.05) is 15.5 Å². The molecule has 0 aliphatic heterocycles. The molecule has 19 heavy (non-hydrogen) atoms. The number of carbonyl (C=O) groups is 1. The van der Waals surface area contributed by atoms with Gasteiger partial charge in [0.15, 0.2) is 0 Å². The van der Waals surface area contributed by atoms with Crippen LogP contribution in [0.5, 0.6) is 0 Å². The fourth-order valence-electron chi connectivity index (χ4n) is 1.65. The van der Waals surface area contributed by atoms with Crippen molar-refractivity contribution in [3.63, 3.8) is 0 Å². The Labute approximate surface area is 123 Å². The standard InChI is InChI=1S/C13H13BrN2O2S/c1-2-8-6-16-11(19-8)7-15-10-5-3-4-9(14)12(10)13(17)18/h3-6,15H,2,7H2,1H3,(H,17,18). The van der Waals surface area contributed by atoms with E-state index < -0.39 is 5.97 Å². The molecule has 0 spiro atoms. The highest BCUT2D eigenvalue weighted by Gasteiger charge is 2.13. The third-order valence-electron chi connectivity index (χ3n) is 2.61. The topological polar surface area (TPSA) is 62.2 Å². The summed E-state index contributed by atoms with van der Waals surface area (Å²) >= 11 is 4.89. The number of carboxylic acids is 1. The molecule has 0 amide bonds. The lowest BCUT2D eigenvalue weighted by molar-refractivity contribution is 0.0697. The first kappa shape index (κ1) is 14.0. The number of aromatic nitrogens is 1. The van der Waals surface area contributed by atoms with E-state index in [0.717, 1.165) is 11.4 Å². The molecule has 4 nitrogen and oxygen atoms in total. The first-order valence-corrected chi connectivity index (χ1v) is 7.42. The van der Waals surface area contributed by atoms with Crippen molar-refractivity contribution >= 4 is 38.9 Å². The molecule has 0 saturated heterocycles. The molecule has 0 aliphatic rings. The van der Waals surface area contributed by atoms with Crippen molar-refractivity contribution < 1.29 is 9.90 Å². The van der Waals surface area contributed by atoms with E-state index in [1.54, 1.807) is 29.5 Å². The predicted molar refractivity (Wildman–Crippen MR) is 79.9 cm³/mol. The third-order valence-corrected chi connectivity index (χ3v) is 4.41. The quantitative estimate of drug-likeness (QED) is 0.869. The summed E-state index contributed by atoms with van der Waals surface area (Å²) in [5, 5.41) is 13.3. The maximum absolute atomic E-state index is 11.2. The summed E-state index contributed by atoms with van der Waals surface area (Å²) in [6.07, 6.45) is 2.83. The largest absolute Gasteiger partial charge is 0.478 e. The summed E-state index contributed by atoms with van der Waals surface area (Å²) in [5.74, 6) is -0.955. The molecular formula is C13H13BrN2O2S. The van der Waals surface area contributed by atoms with Crippen molar-refractivity contribution in [1.29, 1.82) is 0 Å². The minimum absolute atomic E-state index is 0.245. The Morgan fingerprint density at radius 2 is 2.32 bits per heavy atom. The molecule has 6 heteroatoms. The van der Waals surface area contributed by atoms with E-state index in [4.69, 9.17) is 0 Å². The van der Waals surface area contributed by atoms with Gasteiger partial charge in [0.05, 0.1) is 17.8 Å². The maximum Gasteiger partial charge on any atom is 0.338 e. The van der Waals surface area contributed by atoms with Crippen LogP contribution in [-0.2, 0) is 13.0 Å². The molecule has 2 aromatic rings. The number of nitrogens with one attached hydrogen (secondary N) is 1. The monoisotopic (exact) mass is 340 g/mol. The third kappa shape index (κ3) is 3.33. The van der Waals surface area contributed by atoms with E-state index in [1.165, 1.54) is 4.88 Å². The Bertz CT molecular complexity index is 598. The number of rotatable bonds is 5. The highest BCUT2D eigenvalue weighted by molar-refractivity contribution is 9.10. The molecule has 0 saturated carbocycles. The van der Waals surface area contributed by atoms with Gasteiger partial charge in [0.1, 0.15) is 5.01 Å². The van der Waals surface area contributed by atoms with Crippen LogP contribution in [0.1, 0.15) is 27.2 Å². The van der Waals surface area contributed by atoms with Crippen LogP contribution in [0, 0.1) is 0 Å². The van der Waals surface area contributed by atoms with Crippen LogP contribution in [0.15, 0.2) is 28.9 Å². The van der Waals surface area contributed by atoms with Gasteiger partial charge in [-0.05, 0) is 34.5 Å². The van der Waals surface area contributed by atoms with Gasteiger partial charge in [0.25, 0.3) is 0 Å². The number of aryl methyl sites for hydroxylation is 1. The van der Waals surface area contributed by atoms with Gasteiger partial charge in [-0.1, -0.05) is 13.0 Å². The summed E-state index contributed by atoms with van der Waals surface area (Å²) in [6.45, 7) is 2.61. The van der Waals surface area contributed by atoms with Crippen LogP contribution in [0.25, 0.3) is 0 Å². The van der Waals surface area contributed by atoms with E-state index in [2.05, 4.69) is 33.2 Å². The zero-order valence-corrected chi connectivity index (χ0v) is 12.7. The number of hydrogen-bond acceptors (Lipinski definition) is 4. The number of benzene rings is 1. The number of halogens is 1. The molecule has 0 aliphatic carbocycles. The van der Waals surface area contributed by atoms with Crippen molar-refractivity contribution in [2.45, 2.75) is 19.9 Å². The van der Waals surface area contributed by atoms with Crippen LogP contribution in [-0.4, -0.2) is 16.1 Å². The Hall–Kier alpha value is -1.40. The number of aromatic carboxylic acids is 1. The van der Waals surface area contributed by atoms with E-state index in [-0.39, 0.29) is 5.56 Å². The summed E-state index contributed by atoms with van der Waals surface area (Å²) in [4.78, 5) is 16.7. The van der Waals surface area contributed by atoms with Crippen molar-refractivity contribution in [3.05, 3.63) is 44.3 Å². The van der Waals surface area contributed by atoms with Gasteiger partial charge in [-0.25, -0.2) is 9.78 Å². The van der Waals surface area contributed by atoms with Gasteiger partial charge >= 0.3 is 5.97 Å². The zero-order chi connectivity index (χ0) is 13.8. The Morgan fingerprint density at radius 3 is 2.95 bits per heavy atom. The minimum atomic E-state index is -0.955. The van der Waals surface area contributed by atoms with Gasteiger partial charge in [-0.2, -0.15) is 0 Å². The summed E-state index contributed by atoms with van der Waals surface area (Å²) in [7, 11) is 0. The molecule has 1 aromatic heterocycles. The summed E-state index contributed by atoms with van der Waals surface area (Å²) in [5.41, 5.74) is 0.838. The smallest absolute Gasteiger partial charge is 0.338 e. The molecule has 0 radical (unpaired) electrons. The molecular weight excluding hydrogens is 328 g/mol. The average Bonchev–Trinajstić information content (AvgIpc) is 2.83. The highest BCUT2D eigenvalue weighted by atomic mass is 79.9. The van der Waals surface area contributed by atoms with Crippen LogP contribution < -0.4 is 5.32 Å². The Morgan fingerprint density at radius 1 is 1.53 bits per heavy atom. The summed E-state index contributed by atoms with van der Waals surface area (Å²) < 4.78 is 0.568. The fourth-order valence-corrected chi connectivity index (χ4v) is 2.99. The number of anilines is 1. The molecule has 0 unspecified atom stereocenters. The first-order chi connectivity index (χ1) is 9.11. The first-order valence-electron chi connectivity index (χ1n) is 5.81. The highest BCUT2D eigenvalue weighted by Crippen LogP contribution is 2.25. The molecule has 0 fully saturated rings. The molecule has 100 valence electrons. The van der Waals surface area contributed by atoms with Crippen LogP contribution in [0.3, 0.4) is 0 Å². The Kier molecular flexibility index (Phi) is 4.55. The zero-order valence-electron chi connectivity index (χ0n) is 10.3. The number of nitrogens with zero attached hydrogens (tertiary/aromatic N) is 1. The lowest BCUT2D eigenvalue weighted by atomic mass is 10.2. The average molecular weight is 341 g/mol. The number of carboxylic acid groups (broad SMARTS) is 1. The van der Waals surface area contributed by atoms with Crippen molar-refractivity contribution in [2.75, 3.05) is 5.32 Å². The second kappa shape index (κ2) is 6.16. The second-order valence-electron chi connectivity index (χ2n) is 3.89. The van der Waals surface area contributed by atoms with Gasteiger partial charge in [-0.3, -0.25) is 0 Å². The van der Waals surface area contributed by atoms with Crippen LogP contribution >= 0.6 is 27.3 Å². The van der Waals surface area contributed by atoms with Crippen molar-refractivity contribution in [1.82, 2.24) is 4.98 Å². The van der Waals surface area contributed by atoms with E-state index >= 15 is 0 Å². The van der Waals surface area contributed by atoms with Crippen molar-refractivity contribution in [2.24, 2.45) is 0 Å². The number of hydrogen-bond donors (Lipinski definition) is 2. The van der Waals surface area contributed by atoms with Gasteiger partial charge in [0.2, 0.25) is 0 Å². The lowest BCUT2D eigenvalue weighted by Gasteiger charge is -2.09. The maximum atomic E-state index is 11.2. The van der Waals surface area contributed by atoms with Crippen LogP contribution in [0.2, 0.25) is 0 Å². The molecule has 0 bridgehead atoms. The Balaban J connectivity index is 2.15. The van der Waals surface area contributed by atoms with E-state index in [1.807, 2.05) is 6.20 Å². The SMILES string of the molecule is CCc1cnc(CNc2cccc(Br)c2C(=O)O)s1. The molecule has 0 atom stereocenters. The van der Waals surface area contributed by atoms with E-state index in [9.17, 15) is 9.90 Å². The molecule has 2 rings (SSSR count). The normalized spacial score (nSPS) is 10.4. The predicted octanol–water partition coefficient (Wildman–Crippen LogP) is 3.78. The molecule has 2 N–H and O–H groups in total. The fraction of sp³-hybridized carbons (Fsp3) is 0.231. The second-order valence-corrected chi connectivity index (χ2v) is 5.95. The van der Waals surface area contributed by atoms with Crippen molar-refractivity contribution in [3.8, 4) is 0 Å². The minimum Gasteiger partial charge on any atom is -0.478 e. The van der Waals surface area contributed by atoms with Crippen LogP contribution in [0.4, 0.5) is 5.69 Å². The van der Waals surface area contributed by atoms with Gasteiger partial charge < -0.3 is 10.4 Å².